The molecule has 0 bridgehead atoms. The van der Waals surface area contributed by atoms with Crippen LogP contribution >= 0.6 is 23.2 Å². The molecule has 116 valence electrons. The van der Waals surface area contributed by atoms with Gasteiger partial charge in [0.15, 0.2) is 5.78 Å². The molecule has 4 aromatic rings. The average molecular weight is 351 g/mol. The molecule has 4 rings (SSSR count). The highest BCUT2D eigenvalue weighted by Gasteiger charge is 2.17. The molecular formula is C21H12Cl2O. The SMILES string of the molecule is O=C(c1cccc2ccccc12)c1cccc2c(Cl)ccc(Cl)c12. The van der Waals surface area contributed by atoms with Crippen LogP contribution in [0.25, 0.3) is 21.5 Å². The number of hydrogen-bond donors (Lipinski definition) is 0. The Labute approximate surface area is 149 Å². The summed E-state index contributed by atoms with van der Waals surface area (Å²) in [5, 5.41) is 4.56. The largest absolute Gasteiger partial charge is 0.289 e. The lowest BCUT2D eigenvalue weighted by Crippen LogP contribution is -2.03. The van der Waals surface area contributed by atoms with Crippen LogP contribution in [0.3, 0.4) is 0 Å². The van der Waals surface area contributed by atoms with Crippen molar-refractivity contribution in [3.8, 4) is 0 Å². The highest BCUT2D eigenvalue weighted by molar-refractivity contribution is 6.42. The van der Waals surface area contributed by atoms with E-state index in [4.69, 9.17) is 23.2 Å². The Balaban J connectivity index is 2.01. The van der Waals surface area contributed by atoms with Gasteiger partial charge in [0.25, 0.3) is 0 Å². The maximum atomic E-state index is 13.2. The maximum absolute atomic E-state index is 13.2. The van der Waals surface area contributed by atoms with Crippen molar-refractivity contribution >= 4 is 50.5 Å². The van der Waals surface area contributed by atoms with Crippen molar-refractivity contribution in [1.29, 1.82) is 0 Å². The Bertz CT molecular complexity index is 1090. The molecule has 0 aliphatic heterocycles. The summed E-state index contributed by atoms with van der Waals surface area (Å²) in [5.74, 6) is -0.0541. The minimum atomic E-state index is -0.0541. The fourth-order valence-corrected chi connectivity index (χ4v) is 3.57. The molecule has 0 heterocycles. The first kappa shape index (κ1) is 15.2. The van der Waals surface area contributed by atoms with Gasteiger partial charge >= 0.3 is 0 Å². The second-order valence-electron chi connectivity index (χ2n) is 5.61. The molecule has 0 unspecified atom stereocenters. The lowest BCUT2D eigenvalue weighted by atomic mass is 9.94. The van der Waals surface area contributed by atoms with Gasteiger partial charge in [-0.25, -0.2) is 0 Å². The fourth-order valence-electron chi connectivity index (χ4n) is 3.09. The summed E-state index contributed by atoms with van der Waals surface area (Å²) < 4.78 is 0. The quantitative estimate of drug-likeness (QED) is 0.375. The van der Waals surface area contributed by atoms with E-state index in [9.17, 15) is 4.79 Å². The number of fused-ring (bicyclic) bond motifs is 2. The van der Waals surface area contributed by atoms with Gasteiger partial charge in [0.05, 0.1) is 0 Å². The maximum Gasteiger partial charge on any atom is 0.194 e. The van der Waals surface area contributed by atoms with Gasteiger partial charge in [-0.2, -0.15) is 0 Å². The summed E-state index contributed by atoms with van der Waals surface area (Å²) in [5.41, 5.74) is 1.23. The van der Waals surface area contributed by atoms with E-state index in [2.05, 4.69) is 0 Å². The van der Waals surface area contributed by atoms with E-state index in [1.807, 2.05) is 54.6 Å². The van der Waals surface area contributed by atoms with E-state index in [1.165, 1.54) is 0 Å². The summed E-state index contributed by atoms with van der Waals surface area (Å²) in [4.78, 5) is 13.2. The first-order chi connectivity index (χ1) is 11.7. The Morgan fingerprint density at radius 2 is 1.25 bits per heavy atom. The van der Waals surface area contributed by atoms with Crippen LogP contribution in [0.5, 0.6) is 0 Å². The van der Waals surface area contributed by atoms with Gasteiger partial charge in [-0.15, -0.1) is 0 Å². The third-order valence-electron chi connectivity index (χ3n) is 4.22. The van der Waals surface area contributed by atoms with Gasteiger partial charge in [0.1, 0.15) is 0 Å². The number of halogens is 2. The molecule has 0 spiro atoms. The van der Waals surface area contributed by atoms with Gasteiger partial charge in [0.2, 0.25) is 0 Å². The van der Waals surface area contributed by atoms with Crippen LogP contribution in [-0.2, 0) is 0 Å². The highest BCUT2D eigenvalue weighted by atomic mass is 35.5. The molecule has 0 amide bonds. The molecule has 4 aromatic carbocycles. The van der Waals surface area contributed by atoms with Crippen molar-refractivity contribution in [3.05, 3.63) is 94.0 Å². The van der Waals surface area contributed by atoms with Gasteiger partial charge in [-0.1, -0.05) is 83.9 Å². The summed E-state index contributed by atoms with van der Waals surface area (Å²) in [6, 6.07) is 22.6. The number of rotatable bonds is 2. The van der Waals surface area contributed by atoms with Crippen molar-refractivity contribution in [2.45, 2.75) is 0 Å². The molecule has 0 fully saturated rings. The van der Waals surface area contributed by atoms with Crippen molar-refractivity contribution in [1.82, 2.24) is 0 Å². The van der Waals surface area contributed by atoms with E-state index in [0.29, 0.717) is 26.6 Å². The zero-order valence-electron chi connectivity index (χ0n) is 12.6. The van der Waals surface area contributed by atoms with E-state index in [-0.39, 0.29) is 5.78 Å². The van der Waals surface area contributed by atoms with E-state index >= 15 is 0 Å². The molecule has 3 heteroatoms. The lowest BCUT2D eigenvalue weighted by Gasteiger charge is -2.10. The smallest absolute Gasteiger partial charge is 0.194 e. The van der Waals surface area contributed by atoms with Gasteiger partial charge in [0, 0.05) is 31.9 Å². The van der Waals surface area contributed by atoms with Crippen LogP contribution < -0.4 is 0 Å². The minimum Gasteiger partial charge on any atom is -0.289 e. The van der Waals surface area contributed by atoms with Crippen LogP contribution in [-0.4, -0.2) is 5.78 Å². The predicted octanol–water partition coefficient (Wildman–Crippen LogP) is 6.53. The number of carbonyl (C=O) groups excluding carboxylic acids is 1. The Morgan fingerprint density at radius 3 is 2.12 bits per heavy atom. The number of benzene rings is 4. The summed E-state index contributed by atoms with van der Waals surface area (Å²) >= 11 is 12.6. The Morgan fingerprint density at radius 1 is 0.625 bits per heavy atom. The van der Waals surface area contributed by atoms with Crippen LogP contribution in [0.1, 0.15) is 15.9 Å². The van der Waals surface area contributed by atoms with Crippen LogP contribution in [0.15, 0.2) is 72.8 Å². The lowest BCUT2D eigenvalue weighted by molar-refractivity contribution is 0.104. The van der Waals surface area contributed by atoms with E-state index < -0.39 is 0 Å². The normalized spacial score (nSPS) is 11.1. The minimum absolute atomic E-state index is 0.0541. The van der Waals surface area contributed by atoms with Crippen LogP contribution in [0.4, 0.5) is 0 Å². The second kappa shape index (κ2) is 5.94. The zero-order valence-corrected chi connectivity index (χ0v) is 14.1. The molecule has 1 nitrogen and oxygen atoms in total. The molecule has 0 aliphatic carbocycles. The first-order valence-corrected chi connectivity index (χ1v) is 8.31. The van der Waals surface area contributed by atoms with Crippen molar-refractivity contribution in [3.63, 3.8) is 0 Å². The average Bonchev–Trinajstić information content (AvgIpc) is 2.63. The summed E-state index contributed by atoms with van der Waals surface area (Å²) in [6.07, 6.45) is 0. The van der Waals surface area contributed by atoms with Gasteiger partial charge in [-0.3, -0.25) is 4.79 Å². The topological polar surface area (TPSA) is 17.1 Å². The third kappa shape index (κ3) is 2.37. The van der Waals surface area contributed by atoms with E-state index in [0.717, 1.165) is 16.2 Å². The van der Waals surface area contributed by atoms with Crippen molar-refractivity contribution in [2.75, 3.05) is 0 Å². The van der Waals surface area contributed by atoms with E-state index in [1.54, 1.807) is 18.2 Å². The molecule has 0 saturated heterocycles. The fraction of sp³-hybridized carbons (Fsp3) is 0. The van der Waals surface area contributed by atoms with Crippen molar-refractivity contribution < 1.29 is 4.79 Å². The third-order valence-corrected chi connectivity index (χ3v) is 4.86. The molecule has 0 radical (unpaired) electrons. The summed E-state index contributed by atoms with van der Waals surface area (Å²) in [6.45, 7) is 0. The monoisotopic (exact) mass is 350 g/mol. The first-order valence-electron chi connectivity index (χ1n) is 7.56. The summed E-state index contributed by atoms with van der Waals surface area (Å²) in [7, 11) is 0. The molecule has 24 heavy (non-hydrogen) atoms. The standard InChI is InChI=1S/C21H12Cl2O/c22-18-11-12-19(23)20-16(18)9-4-10-17(20)21(24)15-8-3-6-13-5-1-2-7-14(13)15/h1-12H. The van der Waals surface area contributed by atoms with Gasteiger partial charge in [-0.05, 0) is 22.9 Å². The molecular weight excluding hydrogens is 339 g/mol. The number of hydrogen-bond acceptors (Lipinski definition) is 1. The molecule has 0 N–H and O–H groups in total. The number of ketones is 1. The number of carbonyl (C=O) groups is 1. The Hall–Kier alpha value is -2.35. The van der Waals surface area contributed by atoms with Crippen LogP contribution in [0.2, 0.25) is 10.0 Å². The molecule has 0 aliphatic rings. The zero-order chi connectivity index (χ0) is 16.7. The second-order valence-corrected chi connectivity index (χ2v) is 6.43. The van der Waals surface area contributed by atoms with Crippen molar-refractivity contribution in [2.24, 2.45) is 0 Å². The van der Waals surface area contributed by atoms with Crippen LogP contribution in [0, 0.1) is 0 Å². The molecule has 0 atom stereocenters. The molecule has 0 aromatic heterocycles. The molecule has 0 saturated carbocycles. The highest BCUT2D eigenvalue weighted by Crippen LogP contribution is 2.34. The predicted molar refractivity (Wildman–Crippen MR) is 101 cm³/mol. The Kier molecular flexibility index (Phi) is 3.76. The van der Waals surface area contributed by atoms with Gasteiger partial charge < -0.3 is 0 Å².